The summed E-state index contributed by atoms with van der Waals surface area (Å²) in [5.41, 5.74) is 0. The number of aliphatic hydroxyl groups is 1. The molecule has 0 aromatic heterocycles. The fourth-order valence-electron chi connectivity index (χ4n) is 0.0504. The van der Waals surface area contributed by atoms with E-state index in [0.717, 1.165) is 6.26 Å². The monoisotopic (exact) mass is 144 g/mol. The van der Waals surface area contributed by atoms with Crippen LogP contribution in [0.3, 0.4) is 0 Å². The van der Waals surface area contributed by atoms with Crippen LogP contribution in [-0.4, -0.2) is 5.11 Å². The third-order valence-corrected chi connectivity index (χ3v) is 1.21. The highest BCUT2D eigenvalue weighted by atomic mass is 35.9. The van der Waals surface area contributed by atoms with Gasteiger partial charge in [-0.15, -0.1) is 0 Å². The minimum absolute atomic E-state index is 0.839. The van der Waals surface area contributed by atoms with Gasteiger partial charge in [-0.1, -0.05) is 22.5 Å². The summed E-state index contributed by atoms with van der Waals surface area (Å²) in [7, 11) is 0. The molecule has 0 rings (SSSR count). The van der Waals surface area contributed by atoms with Crippen LogP contribution in [0.1, 0.15) is 0 Å². The normalized spacial score (nSPS) is 11.2. The van der Waals surface area contributed by atoms with Gasteiger partial charge in [0.2, 0.25) is 0 Å². The van der Waals surface area contributed by atoms with Crippen molar-refractivity contribution in [2.24, 2.45) is 0 Å². The van der Waals surface area contributed by atoms with Gasteiger partial charge < -0.3 is 5.11 Å². The first kappa shape index (κ1) is 6.55. The summed E-state index contributed by atoms with van der Waals surface area (Å²) in [5, 5.41) is 7.90. The molecule has 0 spiro atoms. The van der Waals surface area contributed by atoms with E-state index in [1.807, 2.05) is 0 Å². The van der Waals surface area contributed by atoms with Crippen LogP contribution in [0.15, 0.2) is 12.1 Å². The maximum absolute atomic E-state index is 7.90. The Morgan fingerprint density at radius 2 is 2.00 bits per heavy atom. The van der Waals surface area contributed by atoms with Crippen LogP contribution in [0.2, 0.25) is 0 Å². The molecule has 6 heavy (non-hydrogen) atoms. The molecule has 1 nitrogen and oxygen atoms in total. The van der Waals surface area contributed by atoms with Crippen LogP contribution in [0.25, 0.3) is 0 Å². The quantitative estimate of drug-likeness (QED) is 0.444. The van der Waals surface area contributed by atoms with Crippen molar-refractivity contribution in [2.75, 3.05) is 0 Å². The van der Waals surface area contributed by atoms with Crippen molar-refractivity contribution >= 4 is 29.1 Å². The molecule has 0 atom stereocenters. The molecular formula is C2H3Cl2OP. The molecule has 0 fully saturated rings. The van der Waals surface area contributed by atoms with Crippen LogP contribution in [-0.2, 0) is 0 Å². The summed E-state index contributed by atoms with van der Waals surface area (Å²) in [6, 6.07) is 0. The topological polar surface area (TPSA) is 20.2 Å². The smallest absolute Gasteiger partial charge is 0.112 e. The first-order chi connectivity index (χ1) is 2.77. The lowest BCUT2D eigenvalue weighted by Gasteiger charge is -1.79. The Kier molecular flexibility index (Phi) is 4.07. The average Bonchev–Trinajstić information content (AvgIpc) is 1.35. The molecule has 0 aromatic rings. The molecule has 36 valence electrons. The van der Waals surface area contributed by atoms with Crippen LogP contribution in [0, 0.1) is 0 Å². The molecular weight excluding hydrogens is 142 g/mol. The highest BCUT2D eigenvalue weighted by molar-refractivity contribution is 8.06. The van der Waals surface area contributed by atoms with Gasteiger partial charge in [0, 0.05) is 5.82 Å². The average molecular weight is 145 g/mol. The zero-order valence-corrected chi connectivity index (χ0v) is 5.21. The van der Waals surface area contributed by atoms with Crippen molar-refractivity contribution in [3.8, 4) is 0 Å². The number of hydrogen-bond donors (Lipinski definition) is 1. The Bertz CT molecular complexity index is 53.5. The second kappa shape index (κ2) is 3.73. The highest BCUT2D eigenvalue weighted by Gasteiger charge is 1.84. The van der Waals surface area contributed by atoms with Crippen LogP contribution in [0.4, 0.5) is 0 Å². The predicted octanol–water partition coefficient (Wildman–Crippen LogP) is 2.81. The van der Waals surface area contributed by atoms with Crippen LogP contribution < -0.4 is 0 Å². The summed E-state index contributed by atoms with van der Waals surface area (Å²) in [5.74, 6) is 1.32. The molecule has 0 unspecified atom stereocenters. The zero-order valence-electron chi connectivity index (χ0n) is 2.81. The van der Waals surface area contributed by atoms with E-state index >= 15 is 0 Å². The molecule has 0 aromatic carbocycles. The Morgan fingerprint density at radius 1 is 1.50 bits per heavy atom. The Hall–Kier alpha value is 0.550. The van der Waals surface area contributed by atoms with Gasteiger partial charge in [0.25, 0.3) is 0 Å². The molecule has 0 aliphatic rings. The number of halogens is 2. The summed E-state index contributed by atoms with van der Waals surface area (Å²) in [4.78, 5) is 0. The second-order valence-electron chi connectivity index (χ2n) is 0.557. The molecule has 0 bridgehead atoms. The number of rotatable bonds is 1. The molecule has 0 amide bonds. The molecule has 0 radical (unpaired) electrons. The molecule has 0 aliphatic carbocycles. The van der Waals surface area contributed by atoms with Crippen molar-refractivity contribution < 1.29 is 5.11 Å². The fraction of sp³-hybridized carbons (Fsp3) is 0. The maximum atomic E-state index is 7.90. The summed E-state index contributed by atoms with van der Waals surface area (Å²) in [6.45, 7) is -1.09. The van der Waals surface area contributed by atoms with Crippen molar-refractivity contribution in [3.63, 3.8) is 0 Å². The fourth-order valence-corrected chi connectivity index (χ4v) is 0.454. The third-order valence-electron chi connectivity index (χ3n) is 0.179. The van der Waals surface area contributed by atoms with Gasteiger partial charge in [-0.25, -0.2) is 0 Å². The lowest BCUT2D eigenvalue weighted by Crippen LogP contribution is -1.39. The van der Waals surface area contributed by atoms with E-state index < -0.39 is 6.63 Å². The van der Waals surface area contributed by atoms with Gasteiger partial charge >= 0.3 is 0 Å². The SMILES string of the molecule is OC=CP(Cl)Cl. The van der Waals surface area contributed by atoms with E-state index in [0.29, 0.717) is 0 Å². The lowest BCUT2D eigenvalue weighted by atomic mass is 11.2. The van der Waals surface area contributed by atoms with E-state index in [1.165, 1.54) is 5.82 Å². The van der Waals surface area contributed by atoms with E-state index in [1.54, 1.807) is 0 Å². The maximum Gasteiger partial charge on any atom is 0.112 e. The Balaban J connectivity index is 3.03. The molecule has 0 saturated carbocycles. The van der Waals surface area contributed by atoms with E-state index in [-0.39, 0.29) is 0 Å². The number of aliphatic hydroxyl groups excluding tert-OH is 1. The first-order valence-electron chi connectivity index (χ1n) is 1.19. The standard InChI is InChI=1S/C2H3Cl2OP/c3-6(4)2-1-5/h1-2,5H. The minimum Gasteiger partial charge on any atom is -0.515 e. The Labute approximate surface area is 46.9 Å². The van der Waals surface area contributed by atoms with E-state index in [2.05, 4.69) is 0 Å². The summed E-state index contributed by atoms with van der Waals surface area (Å²) in [6.07, 6.45) is 0.839. The lowest BCUT2D eigenvalue weighted by molar-refractivity contribution is 0.475. The minimum atomic E-state index is -1.09. The summed E-state index contributed by atoms with van der Waals surface area (Å²) >= 11 is 10.3. The molecule has 4 heteroatoms. The van der Waals surface area contributed by atoms with Gasteiger partial charge in [0.15, 0.2) is 0 Å². The molecule has 0 saturated heterocycles. The van der Waals surface area contributed by atoms with Crippen molar-refractivity contribution in [2.45, 2.75) is 0 Å². The van der Waals surface area contributed by atoms with E-state index in [9.17, 15) is 0 Å². The van der Waals surface area contributed by atoms with Crippen LogP contribution >= 0.6 is 29.1 Å². The first-order valence-corrected chi connectivity index (χ1v) is 4.41. The third kappa shape index (κ3) is 4.55. The number of hydrogen-bond acceptors (Lipinski definition) is 1. The van der Waals surface area contributed by atoms with Crippen molar-refractivity contribution in [1.82, 2.24) is 0 Å². The van der Waals surface area contributed by atoms with Crippen molar-refractivity contribution in [1.29, 1.82) is 0 Å². The zero-order chi connectivity index (χ0) is 4.99. The van der Waals surface area contributed by atoms with Gasteiger partial charge in [-0.3, -0.25) is 0 Å². The van der Waals surface area contributed by atoms with E-state index in [4.69, 9.17) is 27.6 Å². The van der Waals surface area contributed by atoms with Gasteiger partial charge in [0.1, 0.15) is 6.63 Å². The largest absolute Gasteiger partial charge is 0.515 e. The highest BCUT2D eigenvalue weighted by Crippen LogP contribution is 2.47. The van der Waals surface area contributed by atoms with Crippen molar-refractivity contribution in [3.05, 3.63) is 12.1 Å². The summed E-state index contributed by atoms with van der Waals surface area (Å²) < 4.78 is 0. The van der Waals surface area contributed by atoms with Gasteiger partial charge in [-0.2, -0.15) is 0 Å². The second-order valence-corrected chi connectivity index (χ2v) is 4.08. The van der Waals surface area contributed by atoms with Gasteiger partial charge in [-0.05, 0) is 0 Å². The molecule has 1 N–H and O–H groups in total. The Morgan fingerprint density at radius 3 is 2.00 bits per heavy atom. The van der Waals surface area contributed by atoms with Crippen LogP contribution in [0.5, 0.6) is 0 Å². The predicted molar refractivity (Wildman–Crippen MR) is 30.4 cm³/mol. The molecule has 0 aliphatic heterocycles. The van der Waals surface area contributed by atoms with Gasteiger partial charge in [0.05, 0.1) is 6.26 Å². The molecule has 0 heterocycles.